The number of rotatable bonds is 5. The van der Waals surface area contributed by atoms with Gasteiger partial charge >= 0.3 is 0 Å². The van der Waals surface area contributed by atoms with E-state index in [2.05, 4.69) is 4.90 Å². The van der Waals surface area contributed by atoms with Crippen LogP contribution < -0.4 is 0 Å². The fourth-order valence-electron chi connectivity index (χ4n) is 3.53. The van der Waals surface area contributed by atoms with Gasteiger partial charge in [-0.25, -0.2) is 8.42 Å². The third-order valence-electron chi connectivity index (χ3n) is 4.72. The molecule has 0 unspecified atom stereocenters. The first-order valence-corrected chi connectivity index (χ1v) is 9.47. The summed E-state index contributed by atoms with van der Waals surface area (Å²) in [7, 11) is -1.19. The first kappa shape index (κ1) is 16.0. The molecule has 0 amide bonds. The van der Waals surface area contributed by atoms with Crippen molar-refractivity contribution in [1.29, 1.82) is 0 Å². The first-order valence-electron chi connectivity index (χ1n) is 7.86. The number of furan rings is 1. The van der Waals surface area contributed by atoms with E-state index in [0.717, 1.165) is 18.6 Å². The maximum Gasteiger partial charge on any atom is 0.214 e. The Balaban J connectivity index is 1.79. The maximum absolute atomic E-state index is 12.4. The molecule has 2 saturated heterocycles. The SMILES string of the molecule is CCS(=O)(=O)N1C[C@H](N(C)Cc2ccco2)[C@@H]2OCCC[C@@H]21. The van der Waals surface area contributed by atoms with E-state index in [9.17, 15) is 8.42 Å². The number of ether oxygens (including phenoxy) is 1. The van der Waals surface area contributed by atoms with Crippen LogP contribution in [0.3, 0.4) is 0 Å². The minimum Gasteiger partial charge on any atom is -0.468 e. The number of sulfonamides is 1. The zero-order valence-electron chi connectivity index (χ0n) is 13.1. The van der Waals surface area contributed by atoms with Crippen molar-refractivity contribution < 1.29 is 17.6 Å². The molecule has 0 radical (unpaired) electrons. The maximum atomic E-state index is 12.4. The van der Waals surface area contributed by atoms with Crippen molar-refractivity contribution in [3.8, 4) is 0 Å². The molecule has 2 aliphatic rings. The summed E-state index contributed by atoms with van der Waals surface area (Å²) in [6, 6.07) is 3.84. The molecule has 3 atom stereocenters. The summed E-state index contributed by atoms with van der Waals surface area (Å²) in [5, 5.41) is 0. The molecule has 1 aromatic rings. The van der Waals surface area contributed by atoms with Crippen molar-refractivity contribution in [1.82, 2.24) is 9.21 Å². The average molecular weight is 328 g/mol. The van der Waals surface area contributed by atoms with E-state index < -0.39 is 10.0 Å². The molecule has 0 aromatic carbocycles. The lowest BCUT2D eigenvalue weighted by Gasteiger charge is -2.34. The summed E-state index contributed by atoms with van der Waals surface area (Å²) in [5.41, 5.74) is 0. The molecule has 1 aromatic heterocycles. The summed E-state index contributed by atoms with van der Waals surface area (Å²) in [5.74, 6) is 1.02. The summed E-state index contributed by atoms with van der Waals surface area (Å²) in [6.45, 7) is 3.58. The smallest absolute Gasteiger partial charge is 0.214 e. The van der Waals surface area contributed by atoms with Crippen LogP contribution in [0.4, 0.5) is 0 Å². The number of likely N-dealkylation sites (N-methyl/N-ethyl adjacent to an activating group) is 1. The lowest BCUT2D eigenvalue weighted by molar-refractivity contribution is -0.0324. The van der Waals surface area contributed by atoms with Crippen LogP contribution in [0.2, 0.25) is 0 Å². The van der Waals surface area contributed by atoms with E-state index in [1.54, 1.807) is 17.5 Å². The molecule has 7 heteroatoms. The minimum atomic E-state index is -3.19. The Morgan fingerprint density at radius 2 is 2.27 bits per heavy atom. The Bertz CT molecular complexity index is 587. The van der Waals surface area contributed by atoms with Crippen molar-refractivity contribution in [3.05, 3.63) is 24.2 Å². The zero-order chi connectivity index (χ0) is 15.7. The molecule has 0 saturated carbocycles. The molecule has 3 rings (SSSR count). The van der Waals surface area contributed by atoms with Crippen LogP contribution in [-0.4, -0.2) is 61.8 Å². The molecule has 3 heterocycles. The number of hydrogen-bond acceptors (Lipinski definition) is 5. The second-order valence-corrected chi connectivity index (χ2v) is 8.29. The van der Waals surface area contributed by atoms with E-state index in [1.807, 2.05) is 19.2 Å². The fourth-order valence-corrected chi connectivity index (χ4v) is 4.88. The van der Waals surface area contributed by atoms with Crippen molar-refractivity contribution in [2.45, 2.75) is 44.5 Å². The average Bonchev–Trinajstić information content (AvgIpc) is 3.14. The zero-order valence-corrected chi connectivity index (χ0v) is 14.0. The molecular weight excluding hydrogens is 304 g/mol. The van der Waals surface area contributed by atoms with Gasteiger partial charge in [-0.05, 0) is 38.9 Å². The van der Waals surface area contributed by atoms with Gasteiger partial charge < -0.3 is 9.15 Å². The van der Waals surface area contributed by atoms with Crippen LogP contribution in [0.25, 0.3) is 0 Å². The second-order valence-electron chi connectivity index (χ2n) is 6.08. The van der Waals surface area contributed by atoms with E-state index >= 15 is 0 Å². The van der Waals surface area contributed by atoms with Crippen molar-refractivity contribution in [2.24, 2.45) is 0 Å². The molecule has 0 aliphatic carbocycles. The Morgan fingerprint density at radius 3 is 2.95 bits per heavy atom. The van der Waals surface area contributed by atoms with E-state index in [-0.39, 0.29) is 23.9 Å². The quantitative estimate of drug-likeness (QED) is 0.815. The predicted molar refractivity (Wildman–Crippen MR) is 82.9 cm³/mol. The van der Waals surface area contributed by atoms with Gasteiger partial charge in [0.25, 0.3) is 0 Å². The van der Waals surface area contributed by atoms with Gasteiger partial charge in [-0.2, -0.15) is 4.31 Å². The standard InChI is InChI=1S/C15H24N2O4S/c1-3-22(18,19)17-11-14(15-13(17)7-5-9-21-15)16(2)10-12-6-4-8-20-12/h4,6,8,13-15H,3,5,7,9-11H2,1-2H3/t13-,14-,15+/m0/s1. The van der Waals surface area contributed by atoms with Gasteiger partial charge in [-0.15, -0.1) is 0 Å². The molecule has 2 fully saturated rings. The molecule has 6 nitrogen and oxygen atoms in total. The second kappa shape index (κ2) is 6.31. The highest BCUT2D eigenvalue weighted by molar-refractivity contribution is 7.89. The highest BCUT2D eigenvalue weighted by Crippen LogP contribution is 2.33. The Morgan fingerprint density at radius 1 is 1.45 bits per heavy atom. The van der Waals surface area contributed by atoms with Crippen molar-refractivity contribution in [2.75, 3.05) is 26.0 Å². The van der Waals surface area contributed by atoms with Gasteiger partial charge in [-0.1, -0.05) is 0 Å². The Hall–Kier alpha value is -0.890. The van der Waals surface area contributed by atoms with Gasteiger partial charge in [-0.3, -0.25) is 4.90 Å². The molecular formula is C15H24N2O4S. The van der Waals surface area contributed by atoms with Crippen LogP contribution in [0.5, 0.6) is 0 Å². The highest BCUT2D eigenvalue weighted by Gasteiger charge is 2.49. The largest absolute Gasteiger partial charge is 0.468 e. The van der Waals surface area contributed by atoms with Crippen LogP contribution >= 0.6 is 0 Å². The van der Waals surface area contributed by atoms with Gasteiger partial charge in [0.15, 0.2) is 0 Å². The van der Waals surface area contributed by atoms with Crippen LogP contribution in [-0.2, 0) is 21.3 Å². The lowest BCUT2D eigenvalue weighted by atomic mass is 10.0. The lowest BCUT2D eigenvalue weighted by Crippen LogP contribution is -2.46. The van der Waals surface area contributed by atoms with Crippen molar-refractivity contribution in [3.63, 3.8) is 0 Å². The Labute approximate surface area is 132 Å². The summed E-state index contributed by atoms with van der Waals surface area (Å²) in [6.07, 6.45) is 3.42. The molecule has 0 N–H and O–H groups in total. The highest BCUT2D eigenvalue weighted by atomic mass is 32.2. The fraction of sp³-hybridized carbons (Fsp3) is 0.733. The number of fused-ring (bicyclic) bond motifs is 1. The monoisotopic (exact) mass is 328 g/mol. The number of nitrogens with zero attached hydrogens (tertiary/aromatic N) is 2. The topological polar surface area (TPSA) is 63.0 Å². The molecule has 0 bridgehead atoms. The normalized spacial score (nSPS) is 29.9. The Kier molecular flexibility index (Phi) is 4.59. The first-order chi connectivity index (χ1) is 10.5. The van der Waals surface area contributed by atoms with E-state index in [4.69, 9.17) is 9.15 Å². The van der Waals surface area contributed by atoms with E-state index in [1.165, 1.54) is 0 Å². The minimum absolute atomic E-state index is 0.0252. The van der Waals surface area contributed by atoms with Crippen LogP contribution in [0.1, 0.15) is 25.5 Å². The summed E-state index contributed by atoms with van der Waals surface area (Å²) in [4.78, 5) is 2.15. The van der Waals surface area contributed by atoms with Gasteiger partial charge in [0, 0.05) is 13.2 Å². The molecule has 124 valence electrons. The molecule has 22 heavy (non-hydrogen) atoms. The van der Waals surface area contributed by atoms with E-state index in [0.29, 0.717) is 19.7 Å². The third-order valence-corrected chi connectivity index (χ3v) is 6.59. The van der Waals surface area contributed by atoms with Crippen molar-refractivity contribution >= 4 is 10.0 Å². The summed E-state index contributed by atoms with van der Waals surface area (Å²) >= 11 is 0. The third kappa shape index (κ3) is 2.95. The van der Waals surface area contributed by atoms with Gasteiger partial charge in [0.2, 0.25) is 10.0 Å². The summed E-state index contributed by atoms with van der Waals surface area (Å²) < 4.78 is 37.8. The molecule has 0 spiro atoms. The van der Waals surface area contributed by atoms with Crippen LogP contribution in [0.15, 0.2) is 22.8 Å². The predicted octanol–water partition coefficient (Wildman–Crippen LogP) is 1.29. The number of hydrogen-bond donors (Lipinski definition) is 0. The van der Waals surface area contributed by atoms with Gasteiger partial charge in [0.05, 0.1) is 36.7 Å². The van der Waals surface area contributed by atoms with Gasteiger partial charge in [0.1, 0.15) is 5.76 Å². The van der Waals surface area contributed by atoms with Crippen LogP contribution in [0, 0.1) is 0 Å². The molecule has 2 aliphatic heterocycles.